The summed E-state index contributed by atoms with van der Waals surface area (Å²) in [6.45, 7) is 15.2. The molecule has 0 amide bonds. The van der Waals surface area contributed by atoms with Gasteiger partial charge in [0.2, 0.25) is 0 Å². The summed E-state index contributed by atoms with van der Waals surface area (Å²) in [5, 5.41) is 30.4. The fraction of sp³-hybridized carbons (Fsp3) is 0.786. The zero-order valence-electron chi connectivity index (χ0n) is 20.5. The minimum Gasteiger partial charge on any atom is -0.393 e. The van der Waals surface area contributed by atoms with Crippen molar-refractivity contribution < 1.29 is 15.3 Å². The molecule has 4 unspecified atom stereocenters. The third-order valence-corrected chi connectivity index (χ3v) is 8.92. The summed E-state index contributed by atoms with van der Waals surface area (Å²) in [7, 11) is 0. The van der Waals surface area contributed by atoms with E-state index in [1.54, 1.807) is 0 Å². The smallest absolute Gasteiger partial charge is 0.0627 e. The molecule has 0 bridgehead atoms. The van der Waals surface area contributed by atoms with Crippen molar-refractivity contribution in [3.63, 3.8) is 0 Å². The summed E-state index contributed by atoms with van der Waals surface area (Å²) in [5.74, 6) is 2.06. The van der Waals surface area contributed by atoms with Crippen molar-refractivity contribution in [3.05, 3.63) is 35.5 Å². The fourth-order valence-corrected chi connectivity index (χ4v) is 6.86. The summed E-state index contributed by atoms with van der Waals surface area (Å²) >= 11 is 0. The summed E-state index contributed by atoms with van der Waals surface area (Å²) in [4.78, 5) is 0. The number of rotatable bonds is 6. The molecule has 3 fully saturated rings. The van der Waals surface area contributed by atoms with Gasteiger partial charge in [0, 0.05) is 12.3 Å². The molecule has 3 nitrogen and oxygen atoms in total. The van der Waals surface area contributed by atoms with Crippen LogP contribution in [-0.4, -0.2) is 33.1 Å². The molecule has 0 spiro atoms. The minimum atomic E-state index is -0.564. The van der Waals surface area contributed by atoms with Crippen LogP contribution in [0.2, 0.25) is 0 Å². The zero-order valence-corrected chi connectivity index (χ0v) is 20.5. The second-order valence-electron chi connectivity index (χ2n) is 11.8. The van der Waals surface area contributed by atoms with Crippen LogP contribution < -0.4 is 0 Å². The molecular formula is C28H46O3. The SMILES string of the molecule is C=C1CCC2(C)C(CCC2C(C)CCCC(C)(C)O)/C1=C\C=C1\C[C@@H](O)C[C@H](O)[C@H]1C. The van der Waals surface area contributed by atoms with Crippen LogP contribution in [0.4, 0.5) is 0 Å². The highest BCUT2D eigenvalue weighted by Gasteiger charge is 2.51. The van der Waals surface area contributed by atoms with E-state index in [0.29, 0.717) is 30.1 Å². The first-order chi connectivity index (χ1) is 14.4. The van der Waals surface area contributed by atoms with Crippen molar-refractivity contribution >= 4 is 0 Å². The molecule has 0 aliphatic heterocycles. The molecule has 0 saturated heterocycles. The standard InChI is InChI=1S/C28H46O3/c1-18-13-15-28(6)24(19(2)8-7-14-27(4,5)31)11-12-25(28)23(18)10-9-21-16-22(29)17-26(30)20(21)3/h9-10,19-20,22,24-26,29-31H,1,7-8,11-17H2,2-6H3/b21-9-,23-10-/t19?,20-,22+,24?,25?,26-,28?/m0/s1. The van der Waals surface area contributed by atoms with Crippen LogP contribution in [0, 0.1) is 29.1 Å². The Balaban J connectivity index is 1.75. The maximum atomic E-state index is 10.3. The van der Waals surface area contributed by atoms with Gasteiger partial charge in [-0.05, 0) is 81.1 Å². The zero-order chi connectivity index (χ0) is 23.0. The summed E-state index contributed by atoms with van der Waals surface area (Å²) in [6.07, 6.45) is 12.7. The highest BCUT2D eigenvalue weighted by molar-refractivity contribution is 5.40. The summed E-state index contributed by atoms with van der Waals surface area (Å²) in [5.41, 5.74) is 3.60. The molecule has 0 aromatic rings. The van der Waals surface area contributed by atoms with Gasteiger partial charge < -0.3 is 15.3 Å². The van der Waals surface area contributed by atoms with E-state index in [4.69, 9.17) is 0 Å². The van der Waals surface area contributed by atoms with Crippen LogP contribution >= 0.6 is 0 Å². The predicted octanol–water partition coefficient (Wildman–Crippen LogP) is 5.95. The normalized spacial score (nSPS) is 40.4. The lowest BCUT2D eigenvalue weighted by Gasteiger charge is -2.45. The molecule has 176 valence electrons. The van der Waals surface area contributed by atoms with Crippen molar-refractivity contribution in [2.45, 2.75) is 110 Å². The average molecular weight is 431 g/mol. The molecule has 0 radical (unpaired) electrons. The van der Waals surface area contributed by atoms with Gasteiger partial charge >= 0.3 is 0 Å². The summed E-state index contributed by atoms with van der Waals surface area (Å²) < 4.78 is 0. The molecule has 3 rings (SSSR count). The maximum Gasteiger partial charge on any atom is 0.0627 e. The molecule has 31 heavy (non-hydrogen) atoms. The number of hydrogen-bond acceptors (Lipinski definition) is 3. The van der Waals surface area contributed by atoms with Crippen molar-refractivity contribution in [2.24, 2.45) is 29.1 Å². The second kappa shape index (κ2) is 9.53. The number of fused-ring (bicyclic) bond motifs is 1. The first-order valence-corrected chi connectivity index (χ1v) is 12.6. The molecule has 0 aromatic carbocycles. The van der Waals surface area contributed by atoms with E-state index in [9.17, 15) is 15.3 Å². The largest absolute Gasteiger partial charge is 0.393 e. The van der Waals surface area contributed by atoms with Crippen LogP contribution in [-0.2, 0) is 0 Å². The van der Waals surface area contributed by atoms with Gasteiger partial charge in [-0.15, -0.1) is 0 Å². The quantitative estimate of drug-likeness (QED) is 0.488. The Morgan fingerprint density at radius 2 is 1.94 bits per heavy atom. The third-order valence-electron chi connectivity index (χ3n) is 8.92. The van der Waals surface area contributed by atoms with Gasteiger partial charge in [-0.3, -0.25) is 0 Å². The number of aliphatic hydroxyl groups excluding tert-OH is 2. The van der Waals surface area contributed by atoms with Crippen molar-refractivity contribution in [3.8, 4) is 0 Å². The van der Waals surface area contributed by atoms with Crippen molar-refractivity contribution in [1.29, 1.82) is 0 Å². The first-order valence-electron chi connectivity index (χ1n) is 12.6. The molecule has 3 N–H and O–H groups in total. The van der Waals surface area contributed by atoms with Gasteiger partial charge in [0.1, 0.15) is 0 Å². The Hall–Kier alpha value is -0.900. The lowest BCUT2D eigenvalue weighted by Crippen LogP contribution is -2.36. The molecule has 3 heteroatoms. The van der Waals surface area contributed by atoms with Gasteiger partial charge in [0.15, 0.2) is 0 Å². The highest BCUT2D eigenvalue weighted by Crippen LogP contribution is 2.60. The molecular weight excluding hydrogens is 384 g/mol. The summed E-state index contributed by atoms with van der Waals surface area (Å²) in [6, 6.07) is 0. The van der Waals surface area contributed by atoms with Gasteiger partial charge in [-0.1, -0.05) is 63.5 Å². The van der Waals surface area contributed by atoms with Crippen LogP contribution in [0.25, 0.3) is 0 Å². The Morgan fingerprint density at radius 3 is 2.61 bits per heavy atom. The maximum absolute atomic E-state index is 10.3. The Kier molecular flexibility index (Phi) is 7.61. The van der Waals surface area contributed by atoms with E-state index < -0.39 is 17.8 Å². The molecule has 7 atom stereocenters. The van der Waals surface area contributed by atoms with E-state index in [0.717, 1.165) is 30.8 Å². The molecule has 0 aromatic heterocycles. The van der Waals surface area contributed by atoms with Gasteiger partial charge in [-0.2, -0.15) is 0 Å². The van der Waals surface area contributed by atoms with E-state index >= 15 is 0 Å². The van der Waals surface area contributed by atoms with Crippen LogP contribution in [0.5, 0.6) is 0 Å². The third kappa shape index (κ3) is 5.54. The van der Waals surface area contributed by atoms with Gasteiger partial charge in [-0.25, -0.2) is 0 Å². The molecule has 0 heterocycles. The molecule has 3 aliphatic carbocycles. The predicted molar refractivity (Wildman–Crippen MR) is 129 cm³/mol. The van der Waals surface area contributed by atoms with E-state index in [2.05, 4.69) is 39.5 Å². The number of aliphatic hydroxyl groups is 3. The van der Waals surface area contributed by atoms with Crippen molar-refractivity contribution in [2.75, 3.05) is 0 Å². The van der Waals surface area contributed by atoms with Crippen LogP contribution in [0.15, 0.2) is 35.5 Å². The lowest BCUT2D eigenvalue weighted by molar-refractivity contribution is 0.0333. The number of hydrogen-bond donors (Lipinski definition) is 3. The van der Waals surface area contributed by atoms with E-state index in [1.807, 2.05) is 13.8 Å². The first kappa shape index (κ1) is 24.7. The van der Waals surface area contributed by atoms with Crippen LogP contribution in [0.3, 0.4) is 0 Å². The Morgan fingerprint density at radius 1 is 1.23 bits per heavy atom. The second-order valence-corrected chi connectivity index (χ2v) is 11.8. The Labute approximate surface area is 190 Å². The van der Waals surface area contributed by atoms with Crippen LogP contribution in [0.1, 0.15) is 92.4 Å². The minimum absolute atomic E-state index is 0.107. The fourth-order valence-electron chi connectivity index (χ4n) is 6.86. The lowest BCUT2D eigenvalue weighted by atomic mass is 9.59. The van der Waals surface area contributed by atoms with Crippen molar-refractivity contribution in [1.82, 2.24) is 0 Å². The van der Waals surface area contributed by atoms with E-state index in [1.165, 1.54) is 36.8 Å². The van der Waals surface area contributed by atoms with Gasteiger partial charge in [0.25, 0.3) is 0 Å². The van der Waals surface area contributed by atoms with Gasteiger partial charge in [0.05, 0.1) is 17.8 Å². The molecule has 3 saturated carbocycles. The topological polar surface area (TPSA) is 60.7 Å². The monoisotopic (exact) mass is 430 g/mol. The number of allylic oxidation sites excluding steroid dienone is 4. The Bertz CT molecular complexity index is 712. The van der Waals surface area contributed by atoms with E-state index in [-0.39, 0.29) is 5.92 Å². The molecule has 3 aliphatic rings. The highest BCUT2D eigenvalue weighted by atomic mass is 16.3. The average Bonchev–Trinajstić information content (AvgIpc) is 3.01.